The standard InChI is InChI=1S/C45H44N2/c1-30-44(3,28-32-17-9-7-10-18-32)42-38-23-15-13-21-36(38)34(26-40(42)46(30)5)25-35-27-41-43(39-24-16-14-22-37(35)39)45(4,31(2)47(41)6)29-33-19-11-8-12-20-33/h7-24,26-27H,25,28-29H2,1-6H3/q+2. The zero-order valence-corrected chi connectivity index (χ0v) is 28.6. The Balaban J connectivity index is 1.29. The topological polar surface area (TPSA) is 6.02 Å². The molecule has 0 aliphatic carbocycles. The van der Waals surface area contributed by atoms with Crippen molar-refractivity contribution in [1.82, 2.24) is 0 Å². The fourth-order valence-corrected chi connectivity index (χ4v) is 8.96. The second kappa shape index (κ2) is 10.9. The molecule has 2 unspecified atom stereocenters. The van der Waals surface area contributed by atoms with Crippen molar-refractivity contribution in [3.05, 3.63) is 155 Å². The second-order valence-electron chi connectivity index (χ2n) is 14.4. The third-order valence-corrected chi connectivity index (χ3v) is 11.8. The Morgan fingerprint density at radius 1 is 0.468 bits per heavy atom. The highest BCUT2D eigenvalue weighted by Crippen LogP contribution is 2.49. The summed E-state index contributed by atoms with van der Waals surface area (Å²) >= 11 is 0. The van der Waals surface area contributed by atoms with Gasteiger partial charge in [-0.05, 0) is 76.9 Å². The maximum absolute atomic E-state index is 2.50. The fourth-order valence-electron chi connectivity index (χ4n) is 8.96. The number of benzene rings is 6. The van der Waals surface area contributed by atoms with E-state index in [4.69, 9.17) is 0 Å². The van der Waals surface area contributed by atoms with E-state index >= 15 is 0 Å². The fraction of sp³-hybridized carbons (Fsp3) is 0.244. The van der Waals surface area contributed by atoms with E-state index in [0.717, 1.165) is 19.3 Å². The molecule has 2 aliphatic heterocycles. The van der Waals surface area contributed by atoms with E-state index in [1.54, 1.807) is 0 Å². The minimum Gasteiger partial charge on any atom is -0.202 e. The minimum absolute atomic E-state index is 0.0802. The van der Waals surface area contributed by atoms with Crippen molar-refractivity contribution < 1.29 is 9.15 Å². The summed E-state index contributed by atoms with van der Waals surface area (Å²) in [6.45, 7) is 9.54. The van der Waals surface area contributed by atoms with Crippen LogP contribution < -0.4 is 0 Å². The van der Waals surface area contributed by atoms with Gasteiger partial charge in [0.05, 0.1) is 10.8 Å². The third-order valence-electron chi connectivity index (χ3n) is 11.8. The van der Waals surface area contributed by atoms with E-state index in [0.29, 0.717) is 0 Å². The molecule has 0 saturated heterocycles. The number of rotatable bonds is 6. The Morgan fingerprint density at radius 3 is 1.19 bits per heavy atom. The van der Waals surface area contributed by atoms with Crippen molar-refractivity contribution in [3.63, 3.8) is 0 Å². The highest BCUT2D eigenvalue weighted by atomic mass is 15.0. The van der Waals surface area contributed by atoms with Crippen LogP contribution in [-0.4, -0.2) is 34.7 Å². The highest BCUT2D eigenvalue weighted by molar-refractivity contribution is 6.05. The molecule has 2 nitrogen and oxygen atoms in total. The maximum atomic E-state index is 2.50. The number of hydrogen-bond acceptors (Lipinski definition) is 0. The average Bonchev–Trinajstić information content (AvgIpc) is 3.40. The molecule has 0 radical (unpaired) electrons. The molecule has 0 amide bonds. The quantitative estimate of drug-likeness (QED) is 0.165. The smallest absolute Gasteiger partial charge is 0.202 e. The molecule has 47 heavy (non-hydrogen) atoms. The molecule has 0 spiro atoms. The first-order valence-electron chi connectivity index (χ1n) is 17.0. The van der Waals surface area contributed by atoms with Crippen LogP contribution in [0.1, 0.15) is 61.1 Å². The van der Waals surface area contributed by atoms with Crippen molar-refractivity contribution in [2.24, 2.45) is 0 Å². The lowest BCUT2D eigenvalue weighted by Crippen LogP contribution is -2.32. The summed E-state index contributed by atoms with van der Waals surface area (Å²) in [7, 11) is 4.52. The predicted molar refractivity (Wildman–Crippen MR) is 199 cm³/mol. The van der Waals surface area contributed by atoms with E-state index < -0.39 is 0 Å². The van der Waals surface area contributed by atoms with Crippen molar-refractivity contribution in [2.45, 2.75) is 57.8 Å². The summed E-state index contributed by atoms with van der Waals surface area (Å²) in [6, 6.07) is 45.2. The number of nitrogens with zero attached hydrogens (tertiary/aromatic N) is 2. The van der Waals surface area contributed by atoms with Gasteiger partial charge in [-0.25, -0.2) is 9.15 Å². The maximum Gasteiger partial charge on any atom is 0.210 e. The van der Waals surface area contributed by atoms with E-state index in [1.165, 1.54) is 77.7 Å². The summed E-state index contributed by atoms with van der Waals surface area (Å²) < 4.78 is 4.91. The van der Waals surface area contributed by atoms with Crippen molar-refractivity contribution in [1.29, 1.82) is 0 Å². The van der Waals surface area contributed by atoms with Gasteiger partial charge in [0.2, 0.25) is 11.4 Å². The first kappa shape index (κ1) is 29.6. The highest BCUT2D eigenvalue weighted by Gasteiger charge is 2.48. The molecule has 0 N–H and O–H groups in total. The van der Waals surface area contributed by atoms with Crippen LogP contribution in [-0.2, 0) is 30.1 Å². The van der Waals surface area contributed by atoms with Gasteiger partial charge >= 0.3 is 0 Å². The number of hydrogen-bond donors (Lipinski definition) is 0. The van der Waals surface area contributed by atoms with Gasteiger partial charge < -0.3 is 0 Å². The zero-order chi connectivity index (χ0) is 32.5. The molecule has 0 saturated carbocycles. The molecule has 6 aromatic rings. The molecule has 232 valence electrons. The van der Waals surface area contributed by atoms with Crippen molar-refractivity contribution >= 4 is 44.3 Å². The largest absolute Gasteiger partial charge is 0.210 e. The molecular formula is C45H44N2+2. The molecule has 2 aliphatic rings. The van der Waals surface area contributed by atoms with Gasteiger partial charge in [0.25, 0.3) is 0 Å². The predicted octanol–water partition coefficient (Wildman–Crippen LogP) is 10.1. The second-order valence-corrected chi connectivity index (χ2v) is 14.4. The minimum atomic E-state index is -0.0802. The lowest BCUT2D eigenvalue weighted by molar-refractivity contribution is -0.403. The van der Waals surface area contributed by atoms with E-state index in [-0.39, 0.29) is 10.8 Å². The van der Waals surface area contributed by atoms with Crippen LogP contribution in [0.4, 0.5) is 11.4 Å². The molecule has 2 atom stereocenters. The summed E-state index contributed by atoms with van der Waals surface area (Å²) in [5.41, 5.74) is 13.8. The monoisotopic (exact) mass is 612 g/mol. The van der Waals surface area contributed by atoms with Crippen LogP contribution >= 0.6 is 0 Å². The first-order chi connectivity index (χ1) is 22.7. The summed E-state index contributed by atoms with van der Waals surface area (Å²) in [4.78, 5) is 0. The Kier molecular flexibility index (Phi) is 6.84. The number of fused-ring (bicyclic) bond motifs is 6. The van der Waals surface area contributed by atoms with Crippen LogP contribution in [0.25, 0.3) is 21.5 Å². The summed E-state index contributed by atoms with van der Waals surface area (Å²) in [5, 5.41) is 5.49. The molecular weight excluding hydrogens is 569 g/mol. The molecule has 2 heterocycles. The molecule has 0 bridgehead atoms. The van der Waals surface area contributed by atoms with Gasteiger partial charge in [0.1, 0.15) is 14.1 Å². The molecule has 2 heteroatoms. The lowest BCUT2D eigenvalue weighted by atomic mass is 9.72. The van der Waals surface area contributed by atoms with E-state index in [1.807, 2.05) is 0 Å². The van der Waals surface area contributed by atoms with Gasteiger partial charge in [0.15, 0.2) is 11.4 Å². The SMILES string of the molecule is CC1=[N+](C)c2cc(Cc3cc4c(c5ccccc35)C(C)(Cc3ccccc3)C(C)=[N+]4C)c3ccccc3c2C1(C)Cc1ccccc1. The van der Waals surface area contributed by atoms with Crippen LogP contribution in [0.5, 0.6) is 0 Å². The molecule has 6 aromatic carbocycles. The lowest BCUT2D eigenvalue weighted by Gasteiger charge is -2.25. The Morgan fingerprint density at radius 2 is 0.809 bits per heavy atom. The zero-order valence-electron chi connectivity index (χ0n) is 28.6. The van der Waals surface area contributed by atoms with E-state index in [2.05, 4.69) is 172 Å². The molecule has 0 fully saturated rings. The summed E-state index contributed by atoms with van der Waals surface area (Å²) in [5.74, 6) is 0. The van der Waals surface area contributed by atoms with Gasteiger partial charge in [0, 0.05) is 37.1 Å². The van der Waals surface area contributed by atoms with Crippen LogP contribution in [0.2, 0.25) is 0 Å². The van der Waals surface area contributed by atoms with Crippen LogP contribution in [0.15, 0.2) is 121 Å². The van der Waals surface area contributed by atoms with Gasteiger partial charge in [-0.15, -0.1) is 0 Å². The summed E-state index contributed by atoms with van der Waals surface area (Å²) in [6.07, 6.45) is 2.85. The Bertz CT molecular complexity index is 2110. The molecule has 0 aromatic heterocycles. The van der Waals surface area contributed by atoms with Crippen LogP contribution in [0, 0.1) is 0 Å². The van der Waals surface area contributed by atoms with Crippen molar-refractivity contribution in [2.75, 3.05) is 14.1 Å². The van der Waals surface area contributed by atoms with E-state index in [9.17, 15) is 0 Å². The van der Waals surface area contributed by atoms with Gasteiger partial charge in [-0.1, -0.05) is 109 Å². The Labute approximate surface area is 279 Å². The van der Waals surface area contributed by atoms with Gasteiger partial charge in [-0.2, -0.15) is 0 Å². The van der Waals surface area contributed by atoms with Gasteiger partial charge in [-0.3, -0.25) is 0 Å². The Hall–Kier alpha value is -4.82. The molecule has 8 rings (SSSR count). The normalized spacial score (nSPS) is 20.4. The average molecular weight is 613 g/mol. The third kappa shape index (κ3) is 4.45. The van der Waals surface area contributed by atoms with Crippen LogP contribution in [0.3, 0.4) is 0 Å². The van der Waals surface area contributed by atoms with Crippen molar-refractivity contribution in [3.8, 4) is 0 Å². The first-order valence-corrected chi connectivity index (χ1v) is 17.0.